The average molecular weight is 269 g/mol. The van der Waals surface area contributed by atoms with E-state index in [9.17, 15) is 18.0 Å². The number of benzene rings is 1. The second-order valence-corrected chi connectivity index (χ2v) is 3.83. The van der Waals surface area contributed by atoms with Crippen LogP contribution in [0, 0.1) is 0 Å². The van der Waals surface area contributed by atoms with Crippen LogP contribution in [-0.4, -0.2) is 6.41 Å². The fourth-order valence-electron chi connectivity index (χ4n) is 1.71. The van der Waals surface area contributed by atoms with Crippen LogP contribution in [0.5, 0.6) is 0 Å². The first-order valence-corrected chi connectivity index (χ1v) is 5.43. The average Bonchev–Trinajstić information content (AvgIpc) is 2.83. The third-order valence-electron chi connectivity index (χ3n) is 2.61. The minimum absolute atomic E-state index is 0.187. The third-order valence-corrected chi connectivity index (χ3v) is 2.61. The molecule has 3 nitrogen and oxygen atoms in total. The molecule has 0 saturated heterocycles. The molecule has 2 rings (SSSR count). The van der Waals surface area contributed by atoms with Crippen LogP contribution in [0.1, 0.15) is 11.3 Å². The molecule has 100 valence electrons. The topological polar surface area (TPSA) is 42.2 Å². The van der Waals surface area contributed by atoms with Gasteiger partial charge in [-0.3, -0.25) is 4.79 Å². The minimum atomic E-state index is -4.35. The summed E-state index contributed by atoms with van der Waals surface area (Å²) < 4.78 is 42.5. The Bertz CT molecular complexity index is 558. The Hall–Kier alpha value is -2.24. The first-order valence-electron chi connectivity index (χ1n) is 5.43. The fourth-order valence-corrected chi connectivity index (χ4v) is 1.71. The van der Waals surface area contributed by atoms with E-state index in [0.717, 1.165) is 12.1 Å². The monoisotopic (exact) mass is 269 g/mol. The molecule has 0 saturated carbocycles. The standard InChI is InChI=1S/C13H10F3NO2/c14-13(15,16)10-3-1-9(2-4-10)11-5-6-19-12(11)7-17-8-18/h1-6,8H,7H2,(H,17,18). The van der Waals surface area contributed by atoms with E-state index in [1.54, 1.807) is 6.07 Å². The number of nitrogens with one attached hydrogen (secondary N) is 1. The van der Waals surface area contributed by atoms with Gasteiger partial charge < -0.3 is 9.73 Å². The highest BCUT2D eigenvalue weighted by molar-refractivity contribution is 5.66. The molecule has 2 aromatic rings. The van der Waals surface area contributed by atoms with Gasteiger partial charge in [0, 0.05) is 5.56 Å². The van der Waals surface area contributed by atoms with Gasteiger partial charge in [-0.1, -0.05) is 12.1 Å². The van der Waals surface area contributed by atoms with Crippen LogP contribution < -0.4 is 5.32 Å². The van der Waals surface area contributed by atoms with Crippen molar-refractivity contribution in [2.24, 2.45) is 0 Å². The number of carbonyl (C=O) groups excluding carboxylic acids is 1. The summed E-state index contributed by atoms with van der Waals surface area (Å²) in [5.74, 6) is 0.492. The van der Waals surface area contributed by atoms with E-state index in [1.165, 1.54) is 18.4 Å². The van der Waals surface area contributed by atoms with Crippen LogP contribution in [-0.2, 0) is 17.5 Å². The smallest absolute Gasteiger partial charge is 0.416 e. The molecule has 1 amide bonds. The van der Waals surface area contributed by atoms with E-state index in [1.807, 2.05) is 0 Å². The van der Waals surface area contributed by atoms with Crippen molar-refractivity contribution in [3.8, 4) is 11.1 Å². The number of halogens is 3. The molecule has 0 atom stereocenters. The van der Waals surface area contributed by atoms with Gasteiger partial charge in [0.2, 0.25) is 6.41 Å². The van der Waals surface area contributed by atoms with Crippen molar-refractivity contribution >= 4 is 6.41 Å². The molecule has 0 radical (unpaired) electrons. The van der Waals surface area contributed by atoms with Crippen molar-refractivity contribution in [2.75, 3.05) is 0 Å². The van der Waals surface area contributed by atoms with E-state index in [-0.39, 0.29) is 6.54 Å². The molecule has 1 aromatic carbocycles. The van der Waals surface area contributed by atoms with E-state index in [2.05, 4.69) is 5.32 Å². The SMILES string of the molecule is O=CNCc1occc1-c1ccc(C(F)(F)F)cc1. The summed E-state index contributed by atoms with van der Waals surface area (Å²) in [7, 11) is 0. The quantitative estimate of drug-likeness (QED) is 0.866. The number of rotatable bonds is 4. The molecular weight excluding hydrogens is 259 g/mol. The number of carbonyl (C=O) groups is 1. The lowest BCUT2D eigenvalue weighted by molar-refractivity contribution is -0.137. The largest absolute Gasteiger partial charge is 0.467 e. The Kier molecular flexibility index (Phi) is 3.59. The number of hydrogen-bond acceptors (Lipinski definition) is 2. The lowest BCUT2D eigenvalue weighted by Gasteiger charge is -2.07. The zero-order valence-electron chi connectivity index (χ0n) is 9.70. The van der Waals surface area contributed by atoms with Gasteiger partial charge in [0.05, 0.1) is 18.4 Å². The van der Waals surface area contributed by atoms with Gasteiger partial charge >= 0.3 is 6.18 Å². The van der Waals surface area contributed by atoms with Crippen LogP contribution in [0.15, 0.2) is 41.0 Å². The Morgan fingerprint density at radius 3 is 2.42 bits per heavy atom. The van der Waals surface area contributed by atoms with Crippen molar-refractivity contribution < 1.29 is 22.4 Å². The Balaban J connectivity index is 2.27. The van der Waals surface area contributed by atoms with Crippen molar-refractivity contribution in [1.29, 1.82) is 0 Å². The Labute approximate surface area is 107 Å². The minimum Gasteiger partial charge on any atom is -0.467 e. The maximum Gasteiger partial charge on any atom is 0.416 e. The first-order chi connectivity index (χ1) is 9.02. The molecule has 19 heavy (non-hydrogen) atoms. The number of amides is 1. The van der Waals surface area contributed by atoms with Crippen molar-refractivity contribution in [1.82, 2.24) is 5.32 Å². The predicted molar refractivity (Wildman–Crippen MR) is 62.0 cm³/mol. The van der Waals surface area contributed by atoms with Gasteiger partial charge in [-0.2, -0.15) is 13.2 Å². The summed E-state index contributed by atoms with van der Waals surface area (Å²) in [6.45, 7) is 0.187. The highest BCUT2D eigenvalue weighted by Crippen LogP contribution is 2.32. The van der Waals surface area contributed by atoms with E-state index in [0.29, 0.717) is 23.3 Å². The maximum atomic E-state index is 12.4. The van der Waals surface area contributed by atoms with Crippen LogP contribution in [0.2, 0.25) is 0 Å². The highest BCUT2D eigenvalue weighted by Gasteiger charge is 2.30. The van der Waals surface area contributed by atoms with E-state index in [4.69, 9.17) is 4.42 Å². The molecular formula is C13H10F3NO2. The molecule has 0 aliphatic carbocycles. The summed E-state index contributed by atoms with van der Waals surface area (Å²) in [6, 6.07) is 6.42. The second-order valence-electron chi connectivity index (χ2n) is 3.83. The maximum absolute atomic E-state index is 12.4. The summed E-state index contributed by atoms with van der Waals surface area (Å²) in [4.78, 5) is 10.2. The molecule has 0 unspecified atom stereocenters. The first kappa shape index (κ1) is 13.2. The lowest BCUT2D eigenvalue weighted by atomic mass is 10.0. The summed E-state index contributed by atoms with van der Waals surface area (Å²) >= 11 is 0. The van der Waals surface area contributed by atoms with Crippen LogP contribution in [0.25, 0.3) is 11.1 Å². The Morgan fingerprint density at radius 2 is 1.84 bits per heavy atom. The van der Waals surface area contributed by atoms with Crippen LogP contribution in [0.4, 0.5) is 13.2 Å². The van der Waals surface area contributed by atoms with Gasteiger partial charge in [0.25, 0.3) is 0 Å². The molecule has 0 aliphatic heterocycles. The number of hydrogen-bond donors (Lipinski definition) is 1. The van der Waals surface area contributed by atoms with Gasteiger partial charge in [0.1, 0.15) is 5.76 Å². The van der Waals surface area contributed by atoms with Gasteiger partial charge in [-0.25, -0.2) is 0 Å². The van der Waals surface area contributed by atoms with Crippen LogP contribution >= 0.6 is 0 Å². The molecule has 1 N–H and O–H groups in total. The number of furan rings is 1. The third kappa shape index (κ3) is 2.96. The van der Waals surface area contributed by atoms with Crippen molar-refractivity contribution in [3.63, 3.8) is 0 Å². The van der Waals surface area contributed by atoms with E-state index >= 15 is 0 Å². The molecule has 0 fully saturated rings. The van der Waals surface area contributed by atoms with Gasteiger partial charge in [-0.05, 0) is 23.8 Å². The highest BCUT2D eigenvalue weighted by atomic mass is 19.4. The van der Waals surface area contributed by atoms with Gasteiger partial charge in [-0.15, -0.1) is 0 Å². The normalized spacial score (nSPS) is 11.3. The fraction of sp³-hybridized carbons (Fsp3) is 0.154. The summed E-state index contributed by atoms with van der Waals surface area (Å²) in [6.07, 6.45) is -2.40. The molecule has 6 heteroatoms. The second kappa shape index (κ2) is 5.17. The molecule has 0 aliphatic rings. The van der Waals surface area contributed by atoms with Crippen LogP contribution in [0.3, 0.4) is 0 Å². The lowest BCUT2D eigenvalue weighted by Crippen LogP contribution is -2.09. The molecule has 0 spiro atoms. The molecule has 0 bridgehead atoms. The van der Waals surface area contributed by atoms with Crippen molar-refractivity contribution in [2.45, 2.75) is 12.7 Å². The Morgan fingerprint density at radius 1 is 1.16 bits per heavy atom. The number of alkyl halides is 3. The van der Waals surface area contributed by atoms with E-state index < -0.39 is 11.7 Å². The summed E-state index contributed by atoms with van der Waals surface area (Å²) in [5.41, 5.74) is 0.555. The zero-order chi connectivity index (χ0) is 13.9. The van der Waals surface area contributed by atoms with Crippen molar-refractivity contribution in [3.05, 3.63) is 47.9 Å². The zero-order valence-corrected chi connectivity index (χ0v) is 9.70. The van der Waals surface area contributed by atoms with Gasteiger partial charge in [0.15, 0.2) is 0 Å². The molecule has 1 heterocycles. The summed E-state index contributed by atoms with van der Waals surface area (Å²) in [5, 5.41) is 2.44. The molecule has 1 aromatic heterocycles. The predicted octanol–water partition coefficient (Wildman–Crippen LogP) is 3.21.